The zero-order valence-corrected chi connectivity index (χ0v) is 12.9. The first kappa shape index (κ1) is 15.2. The highest BCUT2D eigenvalue weighted by Crippen LogP contribution is 2.35. The van der Waals surface area contributed by atoms with Crippen LogP contribution in [0.2, 0.25) is 0 Å². The molecule has 2 aliphatic rings. The predicted molar refractivity (Wildman–Crippen MR) is 80.3 cm³/mol. The topological polar surface area (TPSA) is 47.7 Å². The molecule has 0 saturated carbocycles. The van der Waals surface area contributed by atoms with Gasteiger partial charge in [-0.15, -0.1) is 0 Å². The van der Waals surface area contributed by atoms with Crippen LogP contribution in [-0.4, -0.2) is 54.9 Å². The first-order valence-electron chi connectivity index (χ1n) is 7.24. The second-order valence-corrected chi connectivity index (χ2v) is 6.50. The summed E-state index contributed by atoms with van der Waals surface area (Å²) in [4.78, 5) is 3.02. The van der Waals surface area contributed by atoms with Crippen molar-refractivity contribution in [2.75, 3.05) is 33.4 Å². The van der Waals surface area contributed by atoms with Crippen molar-refractivity contribution < 1.29 is 9.47 Å². The van der Waals surface area contributed by atoms with Crippen molar-refractivity contribution in [3.63, 3.8) is 0 Å². The van der Waals surface area contributed by atoms with Gasteiger partial charge in [0, 0.05) is 38.3 Å². The molecule has 0 aromatic heterocycles. The van der Waals surface area contributed by atoms with Crippen LogP contribution in [-0.2, 0) is 9.47 Å². The largest absolute Gasteiger partial charge is 0.393 e. The zero-order chi connectivity index (χ0) is 13.9. The van der Waals surface area contributed by atoms with Crippen molar-refractivity contribution in [1.29, 1.82) is 0 Å². The molecular weight excluding hydrogens is 260 g/mol. The second-order valence-electron chi connectivity index (χ2n) is 6.03. The molecule has 0 amide bonds. The second kappa shape index (κ2) is 6.48. The van der Waals surface area contributed by atoms with Crippen molar-refractivity contribution >= 4 is 17.2 Å². The molecule has 0 aliphatic carbocycles. The van der Waals surface area contributed by atoms with Crippen LogP contribution in [0.15, 0.2) is 0 Å². The number of hydrogen-bond acceptors (Lipinski definition) is 4. The van der Waals surface area contributed by atoms with Crippen LogP contribution in [0.4, 0.5) is 0 Å². The Morgan fingerprint density at radius 2 is 2.11 bits per heavy atom. The molecule has 2 atom stereocenters. The molecule has 110 valence electrons. The van der Waals surface area contributed by atoms with Crippen molar-refractivity contribution in [3.05, 3.63) is 0 Å². The number of ether oxygens (including phenoxy) is 2. The van der Waals surface area contributed by atoms with E-state index in [1.807, 2.05) is 0 Å². The lowest BCUT2D eigenvalue weighted by Crippen LogP contribution is -2.51. The highest BCUT2D eigenvalue weighted by molar-refractivity contribution is 7.80. The quantitative estimate of drug-likeness (QED) is 0.795. The van der Waals surface area contributed by atoms with Crippen LogP contribution in [0.3, 0.4) is 0 Å². The molecule has 19 heavy (non-hydrogen) atoms. The van der Waals surface area contributed by atoms with Crippen LogP contribution in [0.5, 0.6) is 0 Å². The van der Waals surface area contributed by atoms with E-state index in [-0.39, 0.29) is 11.5 Å². The smallest absolute Gasteiger partial charge is 0.0768 e. The van der Waals surface area contributed by atoms with Gasteiger partial charge in [0.2, 0.25) is 0 Å². The van der Waals surface area contributed by atoms with E-state index in [4.69, 9.17) is 27.4 Å². The fourth-order valence-electron chi connectivity index (χ4n) is 3.14. The average Bonchev–Trinajstić information content (AvgIpc) is 2.39. The molecule has 5 heteroatoms. The first-order chi connectivity index (χ1) is 9.02. The lowest BCUT2D eigenvalue weighted by atomic mass is 9.83. The summed E-state index contributed by atoms with van der Waals surface area (Å²) in [7, 11) is 2.18. The third kappa shape index (κ3) is 3.88. The molecule has 4 nitrogen and oxygen atoms in total. The van der Waals surface area contributed by atoms with Crippen LogP contribution in [0.1, 0.15) is 32.6 Å². The third-order valence-corrected chi connectivity index (χ3v) is 4.94. The summed E-state index contributed by atoms with van der Waals surface area (Å²) in [5.74, 6) is 0.272. The van der Waals surface area contributed by atoms with E-state index in [9.17, 15) is 0 Å². The highest BCUT2D eigenvalue weighted by atomic mass is 32.1. The molecule has 1 spiro atoms. The van der Waals surface area contributed by atoms with Gasteiger partial charge in [-0.25, -0.2) is 0 Å². The van der Waals surface area contributed by atoms with E-state index in [0.29, 0.717) is 11.0 Å². The van der Waals surface area contributed by atoms with Crippen LogP contribution >= 0.6 is 12.2 Å². The standard InChI is InChI=1S/C14H26N2O2S/c1-11(13(15)19)10-16(2)12-3-6-18-14(9-12)4-7-17-8-5-14/h11-12H,3-10H2,1-2H3,(H2,15,19). The lowest BCUT2D eigenvalue weighted by Gasteiger charge is -2.46. The Kier molecular flexibility index (Phi) is 5.17. The molecule has 2 heterocycles. The van der Waals surface area contributed by atoms with Gasteiger partial charge in [-0.1, -0.05) is 19.1 Å². The maximum atomic E-state index is 6.08. The van der Waals surface area contributed by atoms with Crippen LogP contribution in [0, 0.1) is 5.92 Å². The summed E-state index contributed by atoms with van der Waals surface area (Å²) in [5, 5.41) is 0. The van der Waals surface area contributed by atoms with E-state index in [1.165, 1.54) is 0 Å². The van der Waals surface area contributed by atoms with E-state index in [0.717, 1.165) is 52.0 Å². The van der Waals surface area contributed by atoms with Gasteiger partial charge in [0.25, 0.3) is 0 Å². The summed E-state index contributed by atoms with van der Waals surface area (Å²) in [5.41, 5.74) is 5.77. The van der Waals surface area contributed by atoms with Crippen LogP contribution in [0.25, 0.3) is 0 Å². The van der Waals surface area contributed by atoms with E-state index in [1.54, 1.807) is 0 Å². The fourth-order valence-corrected chi connectivity index (χ4v) is 3.22. The number of nitrogens with two attached hydrogens (primary N) is 1. The molecule has 2 fully saturated rings. The summed E-state index contributed by atoms with van der Waals surface area (Å²) in [6.45, 7) is 5.56. The number of hydrogen-bond donors (Lipinski definition) is 1. The number of nitrogens with zero attached hydrogens (tertiary/aromatic N) is 1. The number of thiocarbonyl (C=S) groups is 1. The molecule has 0 aromatic rings. The zero-order valence-electron chi connectivity index (χ0n) is 12.1. The lowest BCUT2D eigenvalue weighted by molar-refractivity contribution is -0.150. The summed E-state index contributed by atoms with van der Waals surface area (Å²) in [6.07, 6.45) is 4.27. The fraction of sp³-hybridized carbons (Fsp3) is 0.929. The molecule has 2 rings (SSSR count). The molecule has 0 radical (unpaired) electrons. The van der Waals surface area contributed by atoms with Gasteiger partial charge in [0.15, 0.2) is 0 Å². The third-order valence-electron chi connectivity index (χ3n) is 4.54. The SMILES string of the molecule is CC(CN(C)C1CCOC2(CCOCC2)C1)C(N)=S. The maximum absolute atomic E-state index is 6.08. The van der Waals surface area contributed by atoms with Gasteiger partial charge in [-0.3, -0.25) is 0 Å². The Morgan fingerprint density at radius 3 is 2.74 bits per heavy atom. The van der Waals surface area contributed by atoms with Gasteiger partial charge in [0.1, 0.15) is 0 Å². The predicted octanol–water partition coefficient (Wildman–Crippen LogP) is 1.57. The Balaban J connectivity index is 1.91. The summed E-state index contributed by atoms with van der Waals surface area (Å²) >= 11 is 5.07. The minimum atomic E-state index is 0.0574. The molecule has 0 bridgehead atoms. The van der Waals surface area contributed by atoms with E-state index < -0.39 is 0 Å². The average molecular weight is 286 g/mol. The molecule has 2 N–H and O–H groups in total. The molecule has 2 aliphatic heterocycles. The molecule has 0 aromatic carbocycles. The first-order valence-corrected chi connectivity index (χ1v) is 7.64. The monoisotopic (exact) mass is 286 g/mol. The van der Waals surface area contributed by atoms with Crippen LogP contribution < -0.4 is 5.73 Å². The van der Waals surface area contributed by atoms with E-state index >= 15 is 0 Å². The normalized spacial score (nSPS) is 28.5. The summed E-state index contributed by atoms with van der Waals surface area (Å²) < 4.78 is 11.5. The molecular formula is C14H26N2O2S. The maximum Gasteiger partial charge on any atom is 0.0768 e. The van der Waals surface area contributed by atoms with Crippen molar-refractivity contribution in [1.82, 2.24) is 4.90 Å². The van der Waals surface area contributed by atoms with Gasteiger partial charge in [-0.2, -0.15) is 0 Å². The van der Waals surface area contributed by atoms with E-state index in [2.05, 4.69) is 18.9 Å². The number of rotatable bonds is 4. The Morgan fingerprint density at radius 1 is 1.42 bits per heavy atom. The molecule has 2 unspecified atom stereocenters. The van der Waals surface area contributed by atoms with Crippen molar-refractivity contribution in [3.8, 4) is 0 Å². The van der Waals surface area contributed by atoms with Gasteiger partial charge in [0.05, 0.1) is 10.6 Å². The van der Waals surface area contributed by atoms with Gasteiger partial charge < -0.3 is 20.1 Å². The Hall–Kier alpha value is -0.230. The highest BCUT2D eigenvalue weighted by Gasteiger charge is 2.40. The Labute approximate surface area is 121 Å². The van der Waals surface area contributed by atoms with Crippen molar-refractivity contribution in [2.24, 2.45) is 11.7 Å². The Bertz CT molecular complexity index is 313. The molecule has 2 saturated heterocycles. The minimum Gasteiger partial charge on any atom is -0.393 e. The van der Waals surface area contributed by atoms with Gasteiger partial charge >= 0.3 is 0 Å². The minimum absolute atomic E-state index is 0.0574. The van der Waals surface area contributed by atoms with Crippen molar-refractivity contribution in [2.45, 2.75) is 44.2 Å². The van der Waals surface area contributed by atoms with Gasteiger partial charge in [-0.05, 0) is 32.7 Å². The summed E-state index contributed by atoms with van der Waals surface area (Å²) in [6, 6.07) is 0.573.